The second-order valence-electron chi connectivity index (χ2n) is 7.88. The molecule has 1 aliphatic heterocycles. The number of methoxy groups -OCH3 is 1. The van der Waals surface area contributed by atoms with Crippen molar-refractivity contribution in [2.45, 2.75) is 32.5 Å². The molecule has 3 rings (SSSR count). The van der Waals surface area contributed by atoms with Gasteiger partial charge < -0.3 is 19.5 Å². The summed E-state index contributed by atoms with van der Waals surface area (Å²) in [4.78, 5) is 28.4. The normalized spacial score (nSPS) is 19.0. The fourth-order valence-electron chi connectivity index (χ4n) is 3.79. The maximum absolute atomic E-state index is 13.2. The lowest BCUT2D eigenvalue weighted by atomic mass is 10.1. The van der Waals surface area contributed by atoms with Crippen molar-refractivity contribution in [2.75, 3.05) is 26.8 Å². The van der Waals surface area contributed by atoms with Gasteiger partial charge in [-0.15, -0.1) is 0 Å². The molecule has 172 valence electrons. The summed E-state index contributed by atoms with van der Waals surface area (Å²) >= 11 is 3.26. The summed E-state index contributed by atoms with van der Waals surface area (Å²) < 4.78 is 24.4. The number of hydrogen-bond donors (Lipinski definition) is 1. The molecule has 2 atom stereocenters. The summed E-state index contributed by atoms with van der Waals surface area (Å²) in [6.45, 7) is 5.58. The van der Waals surface area contributed by atoms with E-state index in [9.17, 15) is 19.1 Å². The Kier molecular flexibility index (Phi) is 7.73. The van der Waals surface area contributed by atoms with Gasteiger partial charge in [0, 0.05) is 37.8 Å². The minimum atomic E-state index is -1.16. The summed E-state index contributed by atoms with van der Waals surface area (Å²) in [6.07, 6.45) is 0. The molecule has 7 nitrogen and oxygen atoms in total. The Morgan fingerprint density at radius 3 is 2.44 bits per heavy atom. The number of carboxylic acids is 1. The van der Waals surface area contributed by atoms with Crippen LogP contribution in [0.15, 0.2) is 40.9 Å². The second kappa shape index (κ2) is 10.3. The second-order valence-corrected chi connectivity index (χ2v) is 8.73. The Balaban J connectivity index is 1.64. The summed E-state index contributed by atoms with van der Waals surface area (Å²) in [5.41, 5.74) is 0.954. The number of carboxylic acid groups (broad SMARTS) is 1. The van der Waals surface area contributed by atoms with E-state index in [2.05, 4.69) is 20.8 Å². The van der Waals surface area contributed by atoms with Crippen molar-refractivity contribution in [1.29, 1.82) is 0 Å². The number of benzene rings is 2. The number of carbonyl (C=O) groups excluding carboxylic acids is 1. The Hall–Kier alpha value is -2.65. The third-order valence-corrected chi connectivity index (χ3v) is 6.19. The average molecular weight is 509 g/mol. The van der Waals surface area contributed by atoms with Crippen LogP contribution < -0.4 is 9.47 Å². The largest absolute Gasteiger partial charge is 0.495 e. The van der Waals surface area contributed by atoms with E-state index in [1.54, 1.807) is 17.0 Å². The van der Waals surface area contributed by atoms with Crippen molar-refractivity contribution in [2.24, 2.45) is 0 Å². The first-order valence-electron chi connectivity index (χ1n) is 10.2. The van der Waals surface area contributed by atoms with Gasteiger partial charge in [-0.2, -0.15) is 0 Å². The average Bonchev–Trinajstić information content (AvgIpc) is 2.76. The van der Waals surface area contributed by atoms with Gasteiger partial charge in [0.2, 0.25) is 0 Å². The minimum Gasteiger partial charge on any atom is -0.495 e. The lowest BCUT2D eigenvalue weighted by Crippen LogP contribution is -2.58. The van der Waals surface area contributed by atoms with Crippen molar-refractivity contribution in [3.05, 3.63) is 57.8 Å². The molecule has 0 spiro atoms. The molecule has 2 aromatic rings. The first-order valence-corrected chi connectivity index (χ1v) is 11.0. The Morgan fingerprint density at radius 1 is 1.12 bits per heavy atom. The Labute approximate surface area is 194 Å². The molecule has 1 N–H and O–H groups in total. The van der Waals surface area contributed by atoms with Crippen LogP contribution in [0.4, 0.5) is 4.39 Å². The van der Waals surface area contributed by atoms with Crippen molar-refractivity contribution in [3.8, 4) is 11.5 Å². The number of halogens is 2. The predicted molar refractivity (Wildman–Crippen MR) is 121 cm³/mol. The number of hydrogen-bond acceptors (Lipinski definition) is 5. The highest BCUT2D eigenvalue weighted by Gasteiger charge is 2.32. The van der Waals surface area contributed by atoms with Crippen molar-refractivity contribution >= 4 is 27.8 Å². The van der Waals surface area contributed by atoms with E-state index in [1.807, 2.05) is 13.8 Å². The van der Waals surface area contributed by atoms with Gasteiger partial charge in [0.15, 0.2) is 6.61 Å². The maximum Gasteiger partial charge on any atom is 0.339 e. The van der Waals surface area contributed by atoms with Crippen molar-refractivity contribution in [3.63, 3.8) is 0 Å². The van der Waals surface area contributed by atoms with E-state index < -0.39 is 5.97 Å². The summed E-state index contributed by atoms with van der Waals surface area (Å²) in [6, 6.07) is 9.32. The molecule has 0 aromatic heterocycles. The zero-order valence-electron chi connectivity index (χ0n) is 18.2. The standard InChI is InChI=1S/C23H26BrFN2O5/c1-14-11-27(15(2)10-26(14)12-16-4-6-17(25)7-5-16)22(28)13-32-20-9-21(31-3)19(24)8-18(20)23(29)30/h4-9,14-15H,10-13H2,1-3H3,(H,29,30). The Morgan fingerprint density at radius 2 is 1.81 bits per heavy atom. The molecule has 0 radical (unpaired) electrons. The van der Waals surface area contributed by atoms with Crippen LogP contribution in [-0.2, 0) is 11.3 Å². The van der Waals surface area contributed by atoms with E-state index >= 15 is 0 Å². The highest BCUT2D eigenvalue weighted by atomic mass is 79.9. The van der Waals surface area contributed by atoms with Gasteiger partial charge >= 0.3 is 5.97 Å². The van der Waals surface area contributed by atoms with Crippen LogP contribution in [-0.4, -0.2) is 65.7 Å². The van der Waals surface area contributed by atoms with Crippen LogP contribution in [0.5, 0.6) is 11.5 Å². The SMILES string of the molecule is COc1cc(OCC(=O)N2CC(C)N(Cc3ccc(F)cc3)CC2C)c(C(=O)O)cc1Br. The van der Waals surface area contributed by atoms with E-state index in [0.717, 1.165) is 5.56 Å². The lowest BCUT2D eigenvalue weighted by molar-refractivity contribution is -0.139. The van der Waals surface area contributed by atoms with Gasteiger partial charge in [-0.25, -0.2) is 9.18 Å². The molecule has 1 heterocycles. The topological polar surface area (TPSA) is 79.3 Å². The van der Waals surface area contributed by atoms with E-state index in [4.69, 9.17) is 9.47 Å². The zero-order chi connectivity index (χ0) is 23.4. The van der Waals surface area contributed by atoms with E-state index in [1.165, 1.54) is 31.4 Å². The van der Waals surface area contributed by atoms with Crippen LogP contribution in [0.3, 0.4) is 0 Å². The molecule has 0 aliphatic carbocycles. The number of rotatable bonds is 7. The van der Waals surface area contributed by atoms with Crippen LogP contribution in [0.2, 0.25) is 0 Å². The van der Waals surface area contributed by atoms with Gasteiger partial charge in [-0.3, -0.25) is 9.69 Å². The molecule has 1 aliphatic rings. The number of ether oxygens (including phenoxy) is 2. The highest BCUT2D eigenvalue weighted by Crippen LogP contribution is 2.33. The smallest absolute Gasteiger partial charge is 0.339 e. The van der Waals surface area contributed by atoms with Crippen LogP contribution in [0, 0.1) is 5.82 Å². The number of nitrogens with zero attached hydrogens (tertiary/aromatic N) is 2. The fourth-order valence-corrected chi connectivity index (χ4v) is 4.30. The van der Waals surface area contributed by atoms with Gasteiger partial charge in [0.05, 0.1) is 11.6 Å². The molecule has 1 saturated heterocycles. The summed E-state index contributed by atoms with van der Waals surface area (Å²) in [5, 5.41) is 9.45. The zero-order valence-corrected chi connectivity index (χ0v) is 19.8. The Bertz CT molecular complexity index is 985. The first-order chi connectivity index (χ1) is 15.2. The number of amides is 1. The van der Waals surface area contributed by atoms with Crippen molar-refractivity contribution in [1.82, 2.24) is 9.80 Å². The molecule has 9 heteroatoms. The monoisotopic (exact) mass is 508 g/mol. The third kappa shape index (κ3) is 5.58. The van der Waals surface area contributed by atoms with E-state index in [0.29, 0.717) is 29.9 Å². The first kappa shape index (κ1) is 24.0. The molecule has 2 unspecified atom stereocenters. The fraction of sp³-hybridized carbons (Fsp3) is 0.391. The maximum atomic E-state index is 13.2. The lowest BCUT2D eigenvalue weighted by Gasteiger charge is -2.44. The summed E-state index contributed by atoms with van der Waals surface area (Å²) in [5.74, 6) is -1.16. The third-order valence-electron chi connectivity index (χ3n) is 5.57. The number of piperazine rings is 1. The molecule has 1 amide bonds. The molecule has 0 saturated carbocycles. The molecular weight excluding hydrogens is 483 g/mol. The van der Waals surface area contributed by atoms with Gasteiger partial charge in [-0.05, 0) is 53.5 Å². The van der Waals surface area contributed by atoms with Crippen molar-refractivity contribution < 1.29 is 28.6 Å². The van der Waals surface area contributed by atoms with Gasteiger partial charge in [0.1, 0.15) is 22.9 Å². The van der Waals surface area contributed by atoms with E-state index in [-0.39, 0.29) is 41.7 Å². The predicted octanol–water partition coefficient (Wildman–Crippen LogP) is 3.80. The molecule has 32 heavy (non-hydrogen) atoms. The van der Waals surface area contributed by atoms with Gasteiger partial charge in [0.25, 0.3) is 5.91 Å². The molecule has 2 aromatic carbocycles. The number of aromatic carboxylic acids is 1. The number of carbonyl (C=O) groups is 2. The van der Waals surface area contributed by atoms with Crippen LogP contribution in [0.25, 0.3) is 0 Å². The molecule has 1 fully saturated rings. The van der Waals surface area contributed by atoms with Gasteiger partial charge in [-0.1, -0.05) is 12.1 Å². The summed E-state index contributed by atoms with van der Waals surface area (Å²) in [7, 11) is 1.46. The minimum absolute atomic E-state index is 0.0545. The van der Waals surface area contributed by atoms with Crippen LogP contribution >= 0.6 is 15.9 Å². The highest BCUT2D eigenvalue weighted by molar-refractivity contribution is 9.10. The quantitative estimate of drug-likeness (QED) is 0.612. The van der Waals surface area contributed by atoms with Crippen LogP contribution in [0.1, 0.15) is 29.8 Å². The molecule has 0 bridgehead atoms. The molecular formula is C23H26BrFN2O5.